The smallest absolute Gasteiger partial charge is 0.150 e. The van der Waals surface area contributed by atoms with Crippen molar-refractivity contribution in [2.75, 3.05) is 24.7 Å². The van der Waals surface area contributed by atoms with E-state index in [1.54, 1.807) is 0 Å². The summed E-state index contributed by atoms with van der Waals surface area (Å²) in [6.45, 7) is 1.24. The van der Waals surface area contributed by atoms with Gasteiger partial charge in [0, 0.05) is 10.9 Å². The van der Waals surface area contributed by atoms with Crippen molar-refractivity contribution in [1.29, 1.82) is 0 Å². The molecule has 0 spiro atoms. The van der Waals surface area contributed by atoms with E-state index in [1.165, 1.54) is 5.56 Å². The third-order valence-corrected chi connectivity index (χ3v) is 6.80. The quantitative estimate of drug-likeness (QED) is 0.875. The number of ether oxygens (including phenoxy) is 1. The Hall–Kier alpha value is -0.590. The second-order valence-electron chi connectivity index (χ2n) is 6.01. The van der Waals surface area contributed by atoms with Crippen LogP contribution in [0.15, 0.2) is 16.6 Å². The maximum atomic E-state index is 11.7. The Morgan fingerprint density at radius 2 is 2.24 bits per heavy atom. The van der Waals surface area contributed by atoms with Gasteiger partial charge in [-0.2, -0.15) is 0 Å². The third-order valence-electron chi connectivity index (χ3n) is 4.54. The lowest BCUT2D eigenvalue weighted by Gasteiger charge is -2.22. The molecule has 2 N–H and O–H groups in total. The fourth-order valence-electron chi connectivity index (χ4n) is 3.42. The molecule has 0 radical (unpaired) electrons. The summed E-state index contributed by atoms with van der Waals surface area (Å²) in [4.78, 5) is 0. The Bertz CT molecular complexity index is 645. The van der Waals surface area contributed by atoms with Gasteiger partial charge in [0.1, 0.15) is 5.75 Å². The van der Waals surface area contributed by atoms with Gasteiger partial charge >= 0.3 is 0 Å². The molecule has 2 aliphatic heterocycles. The molecule has 1 fully saturated rings. The third kappa shape index (κ3) is 3.27. The lowest BCUT2D eigenvalue weighted by Crippen LogP contribution is -2.26. The first-order valence-electron chi connectivity index (χ1n) is 7.33. The van der Waals surface area contributed by atoms with Crippen molar-refractivity contribution < 1.29 is 13.2 Å². The topological polar surface area (TPSA) is 69.4 Å². The first-order chi connectivity index (χ1) is 9.98. The highest BCUT2D eigenvalue weighted by molar-refractivity contribution is 9.10. The van der Waals surface area contributed by atoms with Crippen molar-refractivity contribution in [2.24, 2.45) is 17.6 Å². The van der Waals surface area contributed by atoms with Crippen LogP contribution in [0.5, 0.6) is 5.75 Å². The Kier molecular flexibility index (Phi) is 4.30. The van der Waals surface area contributed by atoms with E-state index >= 15 is 0 Å². The number of halogens is 1. The molecule has 0 aromatic heterocycles. The van der Waals surface area contributed by atoms with Gasteiger partial charge in [-0.3, -0.25) is 0 Å². The van der Waals surface area contributed by atoms with Crippen molar-refractivity contribution in [1.82, 2.24) is 0 Å². The molecule has 2 unspecified atom stereocenters. The van der Waals surface area contributed by atoms with Crippen molar-refractivity contribution in [3.8, 4) is 5.75 Å². The molecule has 1 aromatic carbocycles. The molecule has 0 saturated carbocycles. The zero-order valence-electron chi connectivity index (χ0n) is 11.8. The average molecular weight is 374 g/mol. The van der Waals surface area contributed by atoms with E-state index in [1.807, 2.05) is 0 Å². The van der Waals surface area contributed by atoms with Crippen LogP contribution < -0.4 is 10.5 Å². The molecule has 4 nitrogen and oxygen atoms in total. The van der Waals surface area contributed by atoms with Crippen LogP contribution in [-0.4, -0.2) is 33.1 Å². The molecule has 21 heavy (non-hydrogen) atoms. The Labute approximate surface area is 134 Å². The van der Waals surface area contributed by atoms with Gasteiger partial charge in [-0.15, -0.1) is 0 Å². The Morgan fingerprint density at radius 1 is 1.43 bits per heavy atom. The number of sulfone groups is 1. The molecule has 0 bridgehead atoms. The van der Waals surface area contributed by atoms with Gasteiger partial charge in [0.15, 0.2) is 9.84 Å². The minimum atomic E-state index is -2.86. The van der Waals surface area contributed by atoms with Gasteiger partial charge in [-0.05, 0) is 54.5 Å². The molecule has 2 heterocycles. The Morgan fingerprint density at radius 3 is 2.90 bits per heavy atom. The largest absolute Gasteiger partial charge is 0.493 e. The second kappa shape index (κ2) is 5.89. The van der Waals surface area contributed by atoms with Gasteiger partial charge in [-0.1, -0.05) is 15.9 Å². The number of fused-ring (bicyclic) bond motifs is 1. The SMILES string of the molecule is NCC(Cc1cc(Br)cc2c1OCC2)C1CCS(=O)(=O)C1. The van der Waals surface area contributed by atoms with E-state index in [4.69, 9.17) is 10.5 Å². The second-order valence-corrected chi connectivity index (χ2v) is 9.16. The summed E-state index contributed by atoms with van der Waals surface area (Å²) < 4.78 is 30.2. The van der Waals surface area contributed by atoms with Crippen LogP contribution in [0.3, 0.4) is 0 Å². The van der Waals surface area contributed by atoms with E-state index < -0.39 is 9.84 Å². The van der Waals surface area contributed by atoms with Crippen LogP contribution in [0.2, 0.25) is 0 Å². The molecule has 1 aromatic rings. The van der Waals surface area contributed by atoms with Gasteiger partial charge < -0.3 is 10.5 Å². The fraction of sp³-hybridized carbons (Fsp3) is 0.600. The van der Waals surface area contributed by atoms with Crippen LogP contribution >= 0.6 is 15.9 Å². The van der Waals surface area contributed by atoms with Crippen molar-refractivity contribution >= 4 is 25.8 Å². The first kappa shape index (κ1) is 15.3. The zero-order valence-corrected chi connectivity index (χ0v) is 14.2. The predicted molar refractivity (Wildman–Crippen MR) is 86.4 cm³/mol. The summed E-state index contributed by atoms with van der Waals surface area (Å²) in [7, 11) is -2.86. The summed E-state index contributed by atoms with van der Waals surface area (Å²) in [5, 5.41) is 0. The molecular weight excluding hydrogens is 354 g/mol. The number of hydrogen-bond donors (Lipinski definition) is 1. The maximum Gasteiger partial charge on any atom is 0.150 e. The van der Waals surface area contributed by atoms with Gasteiger partial charge in [0.05, 0.1) is 18.1 Å². The highest BCUT2D eigenvalue weighted by atomic mass is 79.9. The lowest BCUT2D eigenvalue weighted by molar-refractivity contribution is 0.339. The summed E-state index contributed by atoms with van der Waals surface area (Å²) >= 11 is 3.55. The monoisotopic (exact) mass is 373 g/mol. The normalized spacial score (nSPS) is 24.6. The summed E-state index contributed by atoms with van der Waals surface area (Å²) in [6.07, 6.45) is 2.46. The molecular formula is C15H20BrNO3S. The minimum Gasteiger partial charge on any atom is -0.493 e. The highest BCUT2D eigenvalue weighted by Gasteiger charge is 2.33. The summed E-state index contributed by atoms with van der Waals surface area (Å²) in [6, 6.07) is 4.18. The Balaban J connectivity index is 1.82. The van der Waals surface area contributed by atoms with Crippen LogP contribution in [-0.2, 0) is 22.7 Å². The van der Waals surface area contributed by atoms with E-state index in [9.17, 15) is 8.42 Å². The molecule has 2 aliphatic rings. The van der Waals surface area contributed by atoms with Crippen LogP contribution in [0.25, 0.3) is 0 Å². The number of nitrogens with two attached hydrogens (primary N) is 1. The predicted octanol–water partition coefficient (Wildman–Crippen LogP) is 1.94. The van der Waals surface area contributed by atoms with Crippen molar-refractivity contribution in [2.45, 2.75) is 19.3 Å². The zero-order chi connectivity index (χ0) is 15.0. The molecule has 2 atom stereocenters. The standard InChI is InChI=1S/C15H20BrNO3S/c16-14-6-10-1-3-20-15(10)12(7-14)5-13(8-17)11-2-4-21(18,19)9-11/h6-7,11,13H,1-5,8-9,17H2. The summed E-state index contributed by atoms with van der Waals surface area (Å²) in [5.74, 6) is 1.95. The van der Waals surface area contributed by atoms with Crippen LogP contribution in [0, 0.1) is 11.8 Å². The minimum absolute atomic E-state index is 0.177. The summed E-state index contributed by atoms with van der Waals surface area (Å²) in [5.41, 5.74) is 8.31. The van der Waals surface area contributed by atoms with E-state index in [-0.39, 0.29) is 17.6 Å². The van der Waals surface area contributed by atoms with E-state index in [2.05, 4.69) is 28.1 Å². The van der Waals surface area contributed by atoms with E-state index in [0.29, 0.717) is 12.3 Å². The molecule has 1 saturated heterocycles. The van der Waals surface area contributed by atoms with Crippen molar-refractivity contribution in [3.05, 3.63) is 27.7 Å². The van der Waals surface area contributed by atoms with E-state index in [0.717, 1.165) is 41.7 Å². The number of benzene rings is 1. The first-order valence-corrected chi connectivity index (χ1v) is 9.94. The number of hydrogen-bond acceptors (Lipinski definition) is 4. The van der Waals surface area contributed by atoms with Crippen LogP contribution in [0.4, 0.5) is 0 Å². The van der Waals surface area contributed by atoms with Gasteiger partial charge in [0.2, 0.25) is 0 Å². The lowest BCUT2D eigenvalue weighted by atomic mass is 9.86. The molecule has 0 amide bonds. The van der Waals surface area contributed by atoms with Crippen LogP contribution in [0.1, 0.15) is 17.5 Å². The van der Waals surface area contributed by atoms with Gasteiger partial charge in [-0.25, -0.2) is 8.42 Å². The molecule has 3 rings (SSSR count). The highest BCUT2D eigenvalue weighted by Crippen LogP contribution is 2.36. The molecule has 116 valence electrons. The number of rotatable bonds is 4. The molecule has 6 heteroatoms. The average Bonchev–Trinajstić information content (AvgIpc) is 3.01. The maximum absolute atomic E-state index is 11.7. The van der Waals surface area contributed by atoms with Gasteiger partial charge in [0.25, 0.3) is 0 Å². The fourth-order valence-corrected chi connectivity index (χ4v) is 5.89. The molecule has 0 aliphatic carbocycles. The van der Waals surface area contributed by atoms with Crippen molar-refractivity contribution in [3.63, 3.8) is 0 Å².